The van der Waals surface area contributed by atoms with Crippen molar-refractivity contribution < 1.29 is 24.9 Å². The predicted octanol–water partition coefficient (Wildman–Crippen LogP) is -2.44. The van der Waals surface area contributed by atoms with E-state index < -0.39 is 31.1 Å². The van der Waals surface area contributed by atoms with Crippen molar-refractivity contribution in [2.45, 2.75) is 31.5 Å². The van der Waals surface area contributed by atoms with Crippen molar-refractivity contribution in [3.05, 3.63) is 0 Å². The number of aliphatic hydroxyl groups excluding tert-OH is 3. The molecule has 1 amide bonds. The number of rotatable bonds is 2. The van der Waals surface area contributed by atoms with Gasteiger partial charge in [0.25, 0.3) is 0 Å². The fourth-order valence-electron chi connectivity index (χ4n) is 1.22. The number of nitrogens with one attached hydrogen (secondary N) is 1. The number of amides is 1. The van der Waals surface area contributed by atoms with E-state index in [1.807, 2.05) is 0 Å². The van der Waals surface area contributed by atoms with Gasteiger partial charge in [0.05, 0.1) is 6.61 Å². The fraction of sp³-hybridized carbons (Fsp3) is 0.857. The molecule has 0 saturated carbocycles. The molecule has 76 valence electrons. The number of carbonyl (C=O) groups is 1. The maximum atomic E-state index is 10.6. The highest BCUT2D eigenvalue weighted by Gasteiger charge is 2.42. The summed E-state index contributed by atoms with van der Waals surface area (Å²) in [5, 5.41) is 29.6. The molecular weight excluding hydrogens is 178 g/mol. The molecule has 0 aromatic heterocycles. The van der Waals surface area contributed by atoms with Crippen molar-refractivity contribution >= 4 is 5.91 Å². The smallest absolute Gasteiger partial charge is 0.218 e. The summed E-state index contributed by atoms with van der Waals surface area (Å²) in [5.74, 6) is -0.366. The molecule has 0 aliphatic carbocycles. The van der Waals surface area contributed by atoms with E-state index in [-0.39, 0.29) is 5.91 Å². The van der Waals surface area contributed by atoms with Gasteiger partial charge < -0.3 is 25.4 Å². The molecule has 4 atom stereocenters. The molecule has 0 radical (unpaired) electrons. The van der Waals surface area contributed by atoms with Gasteiger partial charge in [0.15, 0.2) is 6.23 Å². The van der Waals surface area contributed by atoms with E-state index in [4.69, 9.17) is 9.84 Å². The van der Waals surface area contributed by atoms with Crippen molar-refractivity contribution in [1.82, 2.24) is 5.32 Å². The predicted molar refractivity (Wildman–Crippen MR) is 41.6 cm³/mol. The van der Waals surface area contributed by atoms with E-state index >= 15 is 0 Å². The summed E-state index contributed by atoms with van der Waals surface area (Å²) in [5.41, 5.74) is 0. The summed E-state index contributed by atoms with van der Waals surface area (Å²) in [6, 6.07) is 0. The van der Waals surface area contributed by atoms with Crippen molar-refractivity contribution in [2.24, 2.45) is 0 Å². The Labute approximate surface area is 75.1 Å². The van der Waals surface area contributed by atoms with Crippen molar-refractivity contribution in [3.8, 4) is 0 Å². The lowest BCUT2D eigenvalue weighted by atomic mass is 10.1. The molecule has 4 N–H and O–H groups in total. The van der Waals surface area contributed by atoms with Gasteiger partial charge in [-0.1, -0.05) is 0 Å². The molecule has 1 heterocycles. The van der Waals surface area contributed by atoms with Crippen LogP contribution in [0.4, 0.5) is 0 Å². The second kappa shape index (κ2) is 4.01. The summed E-state index contributed by atoms with van der Waals surface area (Å²) >= 11 is 0. The minimum atomic E-state index is -1.19. The highest BCUT2D eigenvalue weighted by molar-refractivity contribution is 5.73. The molecule has 13 heavy (non-hydrogen) atoms. The fourth-order valence-corrected chi connectivity index (χ4v) is 1.22. The van der Waals surface area contributed by atoms with E-state index in [1.54, 1.807) is 0 Å². The highest BCUT2D eigenvalue weighted by atomic mass is 16.6. The van der Waals surface area contributed by atoms with Crippen LogP contribution in [-0.4, -0.2) is 52.4 Å². The standard InChI is InChI=1S/C7H13NO5/c1-3(10)8-7-6(12)5(11)4(2-9)13-7/h4-7,9,11-12H,2H2,1H3,(H,8,10). The van der Waals surface area contributed by atoms with Gasteiger partial charge in [-0.2, -0.15) is 0 Å². The lowest BCUT2D eigenvalue weighted by Crippen LogP contribution is -2.42. The largest absolute Gasteiger partial charge is 0.394 e. The first-order valence-corrected chi connectivity index (χ1v) is 3.96. The highest BCUT2D eigenvalue weighted by Crippen LogP contribution is 2.18. The Bertz CT molecular complexity index is 197. The Balaban J connectivity index is 2.55. The number of aliphatic hydroxyl groups is 3. The van der Waals surface area contributed by atoms with E-state index in [0.717, 1.165) is 0 Å². The first kappa shape index (κ1) is 10.4. The number of carbonyl (C=O) groups excluding carboxylic acids is 1. The van der Waals surface area contributed by atoms with Crippen LogP contribution in [0.1, 0.15) is 6.92 Å². The van der Waals surface area contributed by atoms with Crippen LogP contribution in [0.2, 0.25) is 0 Å². The van der Waals surface area contributed by atoms with Gasteiger partial charge in [-0.25, -0.2) is 0 Å². The average molecular weight is 191 g/mol. The lowest BCUT2D eigenvalue weighted by Gasteiger charge is -2.14. The molecule has 1 aliphatic rings. The monoisotopic (exact) mass is 191 g/mol. The van der Waals surface area contributed by atoms with E-state index in [1.165, 1.54) is 6.92 Å². The minimum absolute atomic E-state index is 0.366. The van der Waals surface area contributed by atoms with Gasteiger partial charge in [-0.05, 0) is 0 Å². The first-order valence-electron chi connectivity index (χ1n) is 3.96. The van der Waals surface area contributed by atoms with E-state index in [0.29, 0.717) is 0 Å². The van der Waals surface area contributed by atoms with Crippen LogP contribution in [0.3, 0.4) is 0 Å². The SMILES string of the molecule is CC(=O)NC1OC(CO)C(O)C1O. The van der Waals surface area contributed by atoms with Crippen LogP contribution >= 0.6 is 0 Å². The number of ether oxygens (including phenoxy) is 1. The Kier molecular flexibility index (Phi) is 3.21. The van der Waals surface area contributed by atoms with Gasteiger partial charge in [-0.15, -0.1) is 0 Å². The van der Waals surface area contributed by atoms with Crippen LogP contribution in [0.25, 0.3) is 0 Å². The molecule has 1 aliphatic heterocycles. The van der Waals surface area contributed by atoms with Crippen LogP contribution in [0.15, 0.2) is 0 Å². The van der Waals surface area contributed by atoms with Crippen molar-refractivity contribution in [1.29, 1.82) is 0 Å². The van der Waals surface area contributed by atoms with Crippen molar-refractivity contribution in [3.63, 3.8) is 0 Å². The normalized spacial score (nSPS) is 39.1. The van der Waals surface area contributed by atoms with Crippen LogP contribution in [0, 0.1) is 0 Å². The first-order chi connectivity index (χ1) is 6.06. The lowest BCUT2D eigenvalue weighted by molar-refractivity contribution is -0.125. The Morgan fingerprint density at radius 1 is 1.46 bits per heavy atom. The molecule has 1 saturated heterocycles. The van der Waals surface area contributed by atoms with Crippen molar-refractivity contribution in [2.75, 3.05) is 6.61 Å². The third-order valence-electron chi connectivity index (χ3n) is 1.89. The number of hydrogen-bond donors (Lipinski definition) is 4. The van der Waals surface area contributed by atoms with Gasteiger partial charge >= 0.3 is 0 Å². The van der Waals surface area contributed by atoms with Crippen LogP contribution in [-0.2, 0) is 9.53 Å². The summed E-state index contributed by atoms with van der Waals surface area (Å²) in [7, 11) is 0. The molecule has 0 aromatic carbocycles. The topological polar surface area (TPSA) is 99.0 Å². The zero-order chi connectivity index (χ0) is 10.0. The van der Waals surface area contributed by atoms with E-state index in [9.17, 15) is 15.0 Å². The van der Waals surface area contributed by atoms with Gasteiger partial charge in [0.1, 0.15) is 18.3 Å². The molecule has 0 spiro atoms. The van der Waals surface area contributed by atoms with Crippen LogP contribution < -0.4 is 5.32 Å². The molecule has 1 rings (SSSR count). The Hall–Kier alpha value is -0.690. The quantitative estimate of drug-likeness (QED) is 0.388. The van der Waals surface area contributed by atoms with Crippen LogP contribution in [0.5, 0.6) is 0 Å². The molecular formula is C7H13NO5. The molecule has 6 heteroatoms. The van der Waals surface area contributed by atoms with Gasteiger partial charge in [0, 0.05) is 6.92 Å². The zero-order valence-electron chi connectivity index (χ0n) is 7.17. The van der Waals surface area contributed by atoms with Gasteiger partial charge in [0.2, 0.25) is 5.91 Å². The zero-order valence-corrected chi connectivity index (χ0v) is 7.17. The second-order valence-corrected chi connectivity index (χ2v) is 2.96. The molecule has 4 unspecified atom stereocenters. The van der Waals surface area contributed by atoms with Gasteiger partial charge in [-0.3, -0.25) is 4.79 Å². The Morgan fingerprint density at radius 2 is 2.08 bits per heavy atom. The number of hydrogen-bond acceptors (Lipinski definition) is 5. The summed E-state index contributed by atoms with van der Waals surface area (Å²) < 4.78 is 4.96. The van der Waals surface area contributed by atoms with E-state index in [2.05, 4.69) is 5.32 Å². The average Bonchev–Trinajstić information content (AvgIpc) is 2.32. The second-order valence-electron chi connectivity index (χ2n) is 2.96. The molecule has 0 aromatic rings. The minimum Gasteiger partial charge on any atom is -0.394 e. The molecule has 6 nitrogen and oxygen atoms in total. The maximum absolute atomic E-state index is 10.6. The summed E-state index contributed by atoms with van der Waals surface area (Å²) in [6.07, 6.45) is -4.14. The Morgan fingerprint density at radius 3 is 2.46 bits per heavy atom. The summed E-state index contributed by atoms with van der Waals surface area (Å²) in [4.78, 5) is 10.6. The molecule has 1 fully saturated rings. The third-order valence-corrected chi connectivity index (χ3v) is 1.89. The third kappa shape index (κ3) is 2.16. The summed E-state index contributed by atoms with van der Waals surface area (Å²) in [6.45, 7) is 0.878. The molecule has 0 bridgehead atoms. The maximum Gasteiger partial charge on any atom is 0.218 e.